The summed E-state index contributed by atoms with van der Waals surface area (Å²) in [7, 11) is 0. The van der Waals surface area contributed by atoms with E-state index in [0.717, 1.165) is 38.4 Å². The molecular weight excluding hydrogens is 176 g/mol. The van der Waals surface area contributed by atoms with Crippen LogP contribution in [0.15, 0.2) is 0 Å². The van der Waals surface area contributed by atoms with E-state index in [1.165, 1.54) is 12.8 Å². The van der Waals surface area contributed by atoms with Gasteiger partial charge in [0.05, 0.1) is 6.04 Å². The lowest BCUT2D eigenvalue weighted by Crippen LogP contribution is -2.53. The molecule has 0 saturated carbocycles. The van der Waals surface area contributed by atoms with Crippen molar-refractivity contribution in [2.75, 3.05) is 19.6 Å². The van der Waals surface area contributed by atoms with Crippen LogP contribution in [0.25, 0.3) is 0 Å². The quantitative estimate of drug-likeness (QED) is 0.678. The Bertz CT molecular complexity index is 217. The van der Waals surface area contributed by atoms with Gasteiger partial charge in [-0.1, -0.05) is 6.92 Å². The monoisotopic (exact) mass is 196 g/mol. The number of nitrogens with one attached hydrogen (secondary N) is 1. The summed E-state index contributed by atoms with van der Waals surface area (Å²) >= 11 is 0. The molecule has 0 aliphatic carbocycles. The van der Waals surface area contributed by atoms with Crippen molar-refractivity contribution in [3.8, 4) is 0 Å². The average Bonchev–Trinajstić information content (AvgIpc) is 2.18. The molecule has 1 amide bonds. The smallest absolute Gasteiger partial charge is 0.237 e. The fourth-order valence-corrected chi connectivity index (χ4v) is 2.61. The summed E-state index contributed by atoms with van der Waals surface area (Å²) in [6.07, 6.45) is 4.77. The minimum Gasteiger partial charge on any atom is -0.355 e. The van der Waals surface area contributed by atoms with Crippen molar-refractivity contribution in [2.45, 2.75) is 38.6 Å². The minimum absolute atomic E-state index is 0.173. The second-order valence-electron chi connectivity index (χ2n) is 4.69. The molecule has 0 aromatic rings. The van der Waals surface area contributed by atoms with Gasteiger partial charge in [0.15, 0.2) is 0 Å². The lowest BCUT2D eigenvalue weighted by Gasteiger charge is -2.38. The van der Waals surface area contributed by atoms with E-state index in [2.05, 4.69) is 17.1 Å². The lowest BCUT2D eigenvalue weighted by molar-refractivity contribution is -0.129. The van der Waals surface area contributed by atoms with Crippen LogP contribution in [0.5, 0.6) is 0 Å². The largest absolute Gasteiger partial charge is 0.355 e. The molecule has 2 aliphatic rings. The van der Waals surface area contributed by atoms with E-state index in [1.54, 1.807) is 0 Å². The second kappa shape index (κ2) is 4.30. The SMILES string of the molecule is CC1CCCN(C2CCCNC2=O)C1. The lowest BCUT2D eigenvalue weighted by atomic mass is 9.96. The van der Waals surface area contributed by atoms with Gasteiger partial charge in [0.1, 0.15) is 0 Å². The van der Waals surface area contributed by atoms with E-state index < -0.39 is 0 Å². The third-order valence-corrected chi connectivity index (χ3v) is 3.39. The van der Waals surface area contributed by atoms with Gasteiger partial charge in [-0.25, -0.2) is 0 Å². The number of hydrogen-bond acceptors (Lipinski definition) is 2. The van der Waals surface area contributed by atoms with Gasteiger partial charge in [-0.3, -0.25) is 9.69 Å². The van der Waals surface area contributed by atoms with Crippen molar-refractivity contribution >= 4 is 5.91 Å². The first-order valence-corrected chi connectivity index (χ1v) is 5.79. The molecule has 0 radical (unpaired) electrons. The van der Waals surface area contributed by atoms with E-state index in [0.29, 0.717) is 0 Å². The standard InChI is InChI=1S/C11H20N2O/c1-9-4-3-7-13(8-9)10-5-2-6-12-11(10)14/h9-10H,2-8H2,1H3,(H,12,14). The van der Waals surface area contributed by atoms with Crippen LogP contribution in [0.4, 0.5) is 0 Å². The molecule has 14 heavy (non-hydrogen) atoms. The summed E-state index contributed by atoms with van der Waals surface area (Å²) in [4.78, 5) is 14.0. The minimum atomic E-state index is 0.173. The zero-order valence-corrected chi connectivity index (χ0v) is 8.96. The van der Waals surface area contributed by atoms with Crippen LogP contribution >= 0.6 is 0 Å². The maximum Gasteiger partial charge on any atom is 0.237 e. The zero-order valence-electron chi connectivity index (χ0n) is 8.96. The third kappa shape index (κ3) is 2.08. The molecule has 2 aliphatic heterocycles. The fourth-order valence-electron chi connectivity index (χ4n) is 2.61. The molecule has 0 aromatic heterocycles. The Labute approximate surface area is 85.8 Å². The third-order valence-electron chi connectivity index (χ3n) is 3.39. The molecule has 0 bridgehead atoms. The topological polar surface area (TPSA) is 32.3 Å². The van der Waals surface area contributed by atoms with Crippen LogP contribution in [0, 0.1) is 5.92 Å². The first-order chi connectivity index (χ1) is 6.77. The van der Waals surface area contributed by atoms with Crippen LogP contribution in [0.3, 0.4) is 0 Å². The highest BCUT2D eigenvalue weighted by atomic mass is 16.2. The van der Waals surface area contributed by atoms with E-state index in [4.69, 9.17) is 0 Å². The van der Waals surface area contributed by atoms with E-state index in [9.17, 15) is 4.79 Å². The van der Waals surface area contributed by atoms with Gasteiger partial charge in [0.25, 0.3) is 0 Å². The van der Waals surface area contributed by atoms with Crippen LogP contribution < -0.4 is 5.32 Å². The van der Waals surface area contributed by atoms with Crippen LogP contribution in [0.1, 0.15) is 32.6 Å². The zero-order chi connectivity index (χ0) is 9.97. The molecule has 80 valence electrons. The summed E-state index contributed by atoms with van der Waals surface area (Å²) < 4.78 is 0. The maximum atomic E-state index is 11.6. The fraction of sp³-hybridized carbons (Fsp3) is 0.909. The Morgan fingerprint density at radius 3 is 2.93 bits per heavy atom. The number of piperidine rings is 2. The van der Waals surface area contributed by atoms with Crippen molar-refractivity contribution in [2.24, 2.45) is 5.92 Å². The molecular formula is C11H20N2O. The summed E-state index contributed by atoms with van der Waals surface area (Å²) in [6.45, 7) is 5.38. The number of nitrogens with zero attached hydrogens (tertiary/aromatic N) is 1. The van der Waals surface area contributed by atoms with Crippen molar-refractivity contribution in [1.29, 1.82) is 0 Å². The Kier molecular flexibility index (Phi) is 3.06. The van der Waals surface area contributed by atoms with Gasteiger partial charge < -0.3 is 5.32 Å². The molecule has 2 heterocycles. The molecule has 1 N–H and O–H groups in total. The van der Waals surface area contributed by atoms with Crippen molar-refractivity contribution in [3.63, 3.8) is 0 Å². The Morgan fingerprint density at radius 2 is 2.21 bits per heavy atom. The van der Waals surface area contributed by atoms with Crippen LogP contribution in [-0.2, 0) is 4.79 Å². The second-order valence-corrected chi connectivity index (χ2v) is 4.69. The van der Waals surface area contributed by atoms with Crippen LogP contribution in [0.2, 0.25) is 0 Å². The van der Waals surface area contributed by atoms with E-state index >= 15 is 0 Å². The van der Waals surface area contributed by atoms with Crippen molar-refractivity contribution in [1.82, 2.24) is 10.2 Å². The first kappa shape index (κ1) is 9.97. The van der Waals surface area contributed by atoms with Gasteiger partial charge in [0.2, 0.25) is 5.91 Å². The molecule has 0 aromatic carbocycles. The molecule has 2 saturated heterocycles. The molecule has 3 nitrogen and oxygen atoms in total. The predicted molar refractivity (Wildman–Crippen MR) is 56.0 cm³/mol. The number of carbonyl (C=O) groups is 1. The Balaban J connectivity index is 1.94. The van der Waals surface area contributed by atoms with Gasteiger partial charge in [0, 0.05) is 13.1 Å². The van der Waals surface area contributed by atoms with Crippen molar-refractivity contribution in [3.05, 3.63) is 0 Å². The molecule has 2 fully saturated rings. The number of likely N-dealkylation sites (tertiary alicyclic amines) is 1. The molecule has 2 atom stereocenters. The van der Waals surface area contributed by atoms with Gasteiger partial charge >= 0.3 is 0 Å². The molecule has 2 unspecified atom stereocenters. The highest BCUT2D eigenvalue weighted by molar-refractivity contribution is 5.82. The molecule has 3 heteroatoms. The molecule has 2 rings (SSSR count). The summed E-state index contributed by atoms with van der Waals surface area (Å²) in [5.41, 5.74) is 0. The van der Waals surface area contributed by atoms with E-state index in [-0.39, 0.29) is 11.9 Å². The number of rotatable bonds is 1. The van der Waals surface area contributed by atoms with Gasteiger partial charge in [-0.15, -0.1) is 0 Å². The highest BCUT2D eigenvalue weighted by Crippen LogP contribution is 2.21. The van der Waals surface area contributed by atoms with Crippen molar-refractivity contribution < 1.29 is 4.79 Å². The van der Waals surface area contributed by atoms with Gasteiger partial charge in [-0.2, -0.15) is 0 Å². The molecule has 0 spiro atoms. The normalized spacial score (nSPS) is 35.4. The number of amides is 1. The summed E-state index contributed by atoms with van der Waals surface area (Å²) in [5.74, 6) is 1.02. The van der Waals surface area contributed by atoms with Crippen LogP contribution in [-0.4, -0.2) is 36.5 Å². The maximum absolute atomic E-state index is 11.6. The first-order valence-electron chi connectivity index (χ1n) is 5.79. The number of carbonyl (C=O) groups excluding carboxylic acids is 1. The van der Waals surface area contributed by atoms with Gasteiger partial charge in [-0.05, 0) is 38.1 Å². The van der Waals surface area contributed by atoms with E-state index in [1.807, 2.05) is 0 Å². The number of hydrogen-bond donors (Lipinski definition) is 1. The Morgan fingerprint density at radius 1 is 1.36 bits per heavy atom. The predicted octanol–water partition coefficient (Wildman–Crippen LogP) is 0.997. The summed E-state index contributed by atoms with van der Waals surface area (Å²) in [6, 6.07) is 0.173. The highest BCUT2D eigenvalue weighted by Gasteiger charge is 2.30. The average molecular weight is 196 g/mol. The summed E-state index contributed by atoms with van der Waals surface area (Å²) in [5, 5.41) is 2.96. The Hall–Kier alpha value is -0.570.